The first-order valence-corrected chi connectivity index (χ1v) is 12.5. The quantitative estimate of drug-likeness (QED) is 0.521. The zero-order chi connectivity index (χ0) is 24.0. The van der Waals surface area contributed by atoms with Crippen molar-refractivity contribution in [2.45, 2.75) is 56.1 Å². The molecule has 8 nitrogen and oxygen atoms in total. The van der Waals surface area contributed by atoms with Gasteiger partial charge in [-0.15, -0.1) is 0 Å². The second-order valence-electron chi connectivity index (χ2n) is 8.20. The monoisotopic (exact) mass is 473 g/mol. The largest absolute Gasteiger partial charge is 0.497 e. The number of aryl methyl sites for hydroxylation is 1. The maximum atomic E-state index is 13.1. The number of nitrogens with zero attached hydrogens (tertiary/aromatic N) is 1. The lowest BCUT2D eigenvalue weighted by Gasteiger charge is -2.28. The van der Waals surface area contributed by atoms with Gasteiger partial charge in [0, 0.05) is 26.1 Å². The fourth-order valence-corrected chi connectivity index (χ4v) is 4.74. The molecule has 0 saturated heterocycles. The summed E-state index contributed by atoms with van der Waals surface area (Å²) < 4.78 is 32.5. The van der Waals surface area contributed by atoms with Crippen LogP contribution in [0.5, 0.6) is 5.75 Å². The van der Waals surface area contributed by atoms with Crippen molar-refractivity contribution in [1.29, 1.82) is 0 Å². The number of hydrogen-bond donors (Lipinski definition) is 2. The second kappa shape index (κ2) is 10.8. The third kappa shape index (κ3) is 6.79. The summed E-state index contributed by atoms with van der Waals surface area (Å²) in [5.41, 5.74) is 1.74. The maximum Gasteiger partial charge on any atom is 0.242 e. The van der Waals surface area contributed by atoms with Crippen LogP contribution in [0.1, 0.15) is 37.3 Å². The minimum absolute atomic E-state index is 0.0475. The van der Waals surface area contributed by atoms with E-state index in [9.17, 15) is 18.0 Å². The first kappa shape index (κ1) is 24.7. The lowest BCUT2D eigenvalue weighted by Crippen LogP contribution is -2.46. The molecule has 0 heterocycles. The predicted molar refractivity (Wildman–Crippen MR) is 125 cm³/mol. The molecule has 2 aromatic carbocycles. The van der Waals surface area contributed by atoms with Crippen LogP contribution in [0.15, 0.2) is 53.4 Å². The number of likely N-dealkylation sites (N-methyl/N-ethyl adjacent to an activating group) is 1. The van der Waals surface area contributed by atoms with Crippen molar-refractivity contribution in [3.05, 3.63) is 59.7 Å². The van der Waals surface area contributed by atoms with E-state index in [1.165, 1.54) is 0 Å². The van der Waals surface area contributed by atoms with Crippen LogP contribution in [-0.4, -0.2) is 51.4 Å². The molecule has 1 fully saturated rings. The first-order chi connectivity index (χ1) is 15.7. The van der Waals surface area contributed by atoms with Crippen molar-refractivity contribution >= 4 is 21.8 Å². The van der Waals surface area contributed by atoms with Crippen LogP contribution >= 0.6 is 0 Å². The van der Waals surface area contributed by atoms with E-state index >= 15 is 0 Å². The summed E-state index contributed by atoms with van der Waals surface area (Å²) in [5, 5.41) is 2.60. The molecule has 3 rings (SSSR count). The third-order valence-corrected chi connectivity index (χ3v) is 7.22. The fraction of sp³-hybridized carbons (Fsp3) is 0.417. The Bertz CT molecular complexity index is 1060. The van der Waals surface area contributed by atoms with Gasteiger partial charge in [0.05, 0.1) is 12.0 Å². The van der Waals surface area contributed by atoms with Gasteiger partial charge < -0.3 is 15.0 Å². The Hall–Kier alpha value is -2.91. The van der Waals surface area contributed by atoms with Crippen LogP contribution in [-0.2, 0) is 32.6 Å². The first-order valence-electron chi connectivity index (χ1n) is 11.0. The Morgan fingerprint density at radius 3 is 2.21 bits per heavy atom. The molecule has 1 aliphatic carbocycles. The zero-order valence-corrected chi connectivity index (χ0v) is 20.0. The number of ether oxygens (including phenoxy) is 1. The predicted octanol–water partition coefficient (Wildman–Crippen LogP) is 2.23. The van der Waals surface area contributed by atoms with Crippen LogP contribution < -0.4 is 14.8 Å². The number of carbonyl (C=O) groups is 2. The molecule has 2 aromatic rings. The minimum Gasteiger partial charge on any atom is -0.497 e. The molecule has 1 atom stereocenters. The minimum atomic E-state index is -3.50. The second-order valence-corrected chi connectivity index (χ2v) is 9.91. The Balaban J connectivity index is 1.66. The average molecular weight is 474 g/mol. The molecule has 0 spiro atoms. The van der Waals surface area contributed by atoms with E-state index in [0.29, 0.717) is 18.7 Å². The molecule has 0 aromatic heterocycles. The lowest BCUT2D eigenvalue weighted by molar-refractivity contribution is -0.140. The summed E-state index contributed by atoms with van der Waals surface area (Å²) in [6.07, 6.45) is 2.39. The highest BCUT2D eigenvalue weighted by Crippen LogP contribution is 2.22. The molecule has 9 heteroatoms. The van der Waals surface area contributed by atoms with E-state index in [2.05, 4.69) is 10.0 Å². The number of rotatable bonds is 11. The van der Waals surface area contributed by atoms with Gasteiger partial charge >= 0.3 is 0 Å². The normalized spacial score (nSPS) is 14.4. The number of nitrogens with one attached hydrogen (secondary N) is 2. The molecular formula is C24H31N3O5S. The summed E-state index contributed by atoms with van der Waals surface area (Å²) in [6, 6.07) is 13.4. The van der Waals surface area contributed by atoms with E-state index in [1.54, 1.807) is 50.2 Å². The van der Waals surface area contributed by atoms with E-state index < -0.39 is 16.1 Å². The molecule has 0 radical (unpaired) electrons. The highest BCUT2D eigenvalue weighted by atomic mass is 32.2. The highest BCUT2D eigenvalue weighted by Gasteiger charge is 2.28. The van der Waals surface area contributed by atoms with Crippen molar-refractivity contribution < 1.29 is 22.7 Å². The van der Waals surface area contributed by atoms with Gasteiger partial charge in [0.15, 0.2) is 0 Å². The summed E-state index contributed by atoms with van der Waals surface area (Å²) >= 11 is 0. The van der Waals surface area contributed by atoms with Crippen LogP contribution in [0.4, 0.5) is 0 Å². The van der Waals surface area contributed by atoms with Gasteiger partial charge in [-0.3, -0.25) is 9.59 Å². The van der Waals surface area contributed by atoms with E-state index in [1.807, 2.05) is 24.3 Å². The van der Waals surface area contributed by atoms with E-state index in [-0.39, 0.29) is 29.2 Å². The van der Waals surface area contributed by atoms with Crippen molar-refractivity contribution in [3.8, 4) is 5.75 Å². The summed E-state index contributed by atoms with van der Waals surface area (Å²) in [7, 11) is -0.369. The Labute approximate surface area is 195 Å². The highest BCUT2D eigenvalue weighted by molar-refractivity contribution is 7.89. The van der Waals surface area contributed by atoms with Gasteiger partial charge in [-0.2, -0.15) is 0 Å². The lowest BCUT2D eigenvalue weighted by atomic mass is 10.1. The number of benzene rings is 2. The summed E-state index contributed by atoms with van der Waals surface area (Å²) in [5.74, 6) is 0.317. The number of amides is 2. The number of hydrogen-bond acceptors (Lipinski definition) is 5. The molecule has 0 aliphatic heterocycles. The number of methoxy groups -OCH3 is 1. The molecular weight excluding hydrogens is 442 g/mol. The molecule has 0 bridgehead atoms. The molecule has 2 N–H and O–H groups in total. The standard InChI is InChI=1S/C24H31N3O5S/c1-17(24(29)25-2)27(16-19-4-11-21(32-3)12-5-19)23(28)15-8-18-6-13-22(14-7-18)33(30,31)26-20-9-10-20/h4-7,11-14,17,20,26H,8-10,15-16H2,1-3H3,(H,25,29). The molecule has 1 saturated carbocycles. The van der Waals surface area contributed by atoms with E-state index in [4.69, 9.17) is 4.74 Å². The van der Waals surface area contributed by atoms with Crippen molar-refractivity contribution in [2.75, 3.05) is 14.2 Å². The van der Waals surface area contributed by atoms with Crippen LogP contribution in [0.3, 0.4) is 0 Å². The smallest absolute Gasteiger partial charge is 0.242 e. The number of carbonyl (C=O) groups excluding carboxylic acids is 2. The van der Waals surface area contributed by atoms with Crippen LogP contribution in [0, 0.1) is 0 Å². The summed E-state index contributed by atoms with van der Waals surface area (Å²) in [6.45, 7) is 1.99. The van der Waals surface area contributed by atoms with Crippen molar-refractivity contribution in [2.24, 2.45) is 0 Å². The van der Waals surface area contributed by atoms with Crippen molar-refractivity contribution in [1.82, 2.24) is 14.9 Å². The van der Waals surface area contributed by atoms with Gasteiger partial charge in [0.1, 0.15) is 11.8 Å². The van der Waals surface area contributed by atoms with Gasteiger partial charge in [0.25, 0.3) is 0 Å². The van der Waals surface area contributed by atoms with Crippen LogP contribution in [0.25, 0.3) is 0 Å². The topological polar surface area (TPSA) is 105 Å². The van der Waals surface area contributed by atoms with E-state index in [0.717, 1.165) is 24.0 Å². The number of sulfonamides is 1. The SMILES string of the molecule is CNC(=O)C(C)N(Cc1ccc(OC)cc1)C(=O)CCc1ccc(S(=O)(=O)NC2CC2)cc1. The van der Waals surface area contributed by atoms with Gasteiger partial charge in [0.2, 0.25) is 21.8 Å². The Morgan fingerprint density at radius 1 is 1.06 bits per heavy atom. The molecule has 2 amide bonds. The maximum absolute atomic E-state index is 13.1. The average Bonchev–Trinajstić information content (AvgIpc) is 3.64. The molecule has 1 aliphatic rings. The van der Waals surface area contributed by atoms with Gasteiger partial charge in [-0.25, -0.2) is 13.1 Å². The molecule has 178 valence electrons. The molecule has 33 heavy (non-hydrogen) atoms. The van der Waals surface area contributed by atoms with Gasteiger partial charge in [-0.1, -0.05) is 24.3 Å². The Morgan fingerprint density at radius 2 is 1.67 bits per heavy atom. The van der Waals surface area contributed by atoms with Crippen LogP contribution in [0.2, 0.25) is 0 Å². The zero-order valence-electron chi connectivity index (χ0n) is 19.2. The fourth-order valence-electron chi connectivity index (χ4n) is 3.44. The molecule has 1 unspecified atom stereocenters. The third-order valence-electron chi connectivity index (χ3n) is 5.69. The van der Waals surface area contributed by atoms with Crippen molar-refractivity contribution in [3.63, 3.8) is 0 Å². The summed E-state index contributed by atoms with van der Waals surface area (Å²) in [4.78, 5) is 27.1. The Kier molecular flexibility index (Phi) is 8.10. The van der Waals surface area contributed by atoms with Gasteiger partial charge in [-0.05, 0) is 61.6 Å².